The number of carbonyl (C=O) groups excluding carboxylic acids is 2. The van der Waals surface area contributed by atoms with Gasteiger partial charge in [0, 0.05) is 6.54 Å². The molecule has 32 heavy (non-hydrogen) atoms. The van der Waals surface area contributed by atoms with Crippen molar-refractivity contribution in [3.8, 4) is 5.75 Å². The van der Waals surface area contributed by atoms with Gasteiger partial charge in [0.2, 0.25) is 0 Å². The standard InChI is InChI=1S/C25H28N2O4S/c1-4-7-14-31-21-13-8-10-18(15-21)16-22-23(28)27(5-2)25(32-22)26-20-12-9-11-19(17-20)24(29)30-6-3/h8-13,15-17H,4-7,14H2,1-3H3. The Kier molecular flexibility index (Phi) is 8.50. The maximum atomic E-state index is 12.9. The Morgan fingerprint density at radius 1 is 1.12 bits per heavy atom. The predicted octanol–water partition coefficient (Wildman–Crippen LogP) is 5.67. The van der Waals surface area contributed by atoms with E-state index in [1.54, 1.807) is 36.1 Å². The number of rotatable bonds is 9. The van der Waals surface area contributed by atoms with Gasteiger partial charge in [-0.05, 0) is 74.0 Å². The Balaban J connectivity index is 1.83. The molecule has 1 heterocycles. The van der Waals surface area contributed by atoms with Gasteiger partial charge < -0.3 is 9.47 Å². The van der Waals surface area contributed by atoms with E-state index in [2.05, 4.69) is 11.9 Å². The third kappa shape index (κ3) is 6.01. The van der Waals surface area contributed by atoms with E-state index in [0.29, 0.717) is 41.1 Å². The summed E-state index contributed by atoms with van der Waals surface area (Å²) in [6.45, 7) is 7.29. The van der Waals surface area contributed by atoms with Crippen LogP contribution in [-0.4, -0.2) is 41.7 Å². The first-order valence-electron chi connectivity index (χ1n) is 10.9. The van der Waals surface area contributed by atoms with E-state index < -0.39 is 5.97 Å². The number of nitrogens with zero attached hydrogens (tertiary/aromatic N) is 2. The summed E-state index contributed by atoms with van der Waals surface area (Å²) in [5.74, 6) is 0.314. The van der Waals surface area contributed by atoms with Crippen molar-refractivity contribution in [1.29, 1.82) is 0 Å². The number of thioether (sulfide) groups is 1. The molecule has 168 valence electrons. The summed E-state index contributed by atoms with van der Waals surface area (Å²) in [6, 6.07) is 14.6. The summed E-state index contributed by atoms with van der Waals surface area (Å²) in [5, 5.41) is 0.583. The number of unbranched alkanes of at least 4 members (excludes halogenated alkanes) is 1. The number of amidine groups is 1. The van der Waals surface area contributed by atoms with Crippen LogP contribution in [0.3, 0.4) is 0 Å². The van der Waals surface area contributed by atoms with Crippen molar-refractivity contribution in [2.75, 3.05) is 19.8 Å². The molecule has 0 N–H and O–H groups in total. The van der Waals surface area contributed by atoms with E-state index in [-0.39, 0.29) is 5.91 Å². The highest BCUT2D eigenvalue weighted by Gasteiger charge is 2.32. The number of likely N-dealkylation sites (N-methyl/N-ethyl adjacent to an activating group) is 1. The Bertz CT molecular complexity index is 1030. The lowest BCUT2D eigenvalue weighted by atomic mass is 10.2. The van der Waals surface area contributed by atoms with E-state index in [1.165, 1.54) is 11.8 Å². The fraction of sp³-hybridized carbons (Fsp3) is 0.320. The topological polar surface area (TPSA) is 68.2 Å². The van der Waals surface area contributed by atoms with Gasteiger partial charge in [-0.3, -0.25) is 9.69 Å². The van der Waals surface area contributed by atoms with Crippen LogP contribution in [-0.2, 0) is 9.53 Å². The number of aliphatic imine (C=N–C) groups is 1. The highest BCUT2D eigenvalue weighted by molar-refractivity contribution is 8.18. The minimum atomic E-state index is -0.390. The third-order valence-electron chi connectivity index (χ3n) is 4.71. The van der Waals surface area contributed by atoms with E-state index >= 15 is 0 Å². The number of carbonyl (C=O) groups is 2. The van der Waals surface area contributed by atoms with Crippen molar-refractivity contribution < 1.29 is 19.1 Å². The second-order valence-electron chi connectivity index (χ2n) is 7.10. The molecule has 2 aromatic carbocycles. The summed E-state index contributed by atoms with van der Waals surface area (Å²) in [5.41, 5.74) is 1.93. The Labute approximate surface area is 193 Å². The van der Waals surface area contributed by atoms with Crippen LogP contribution in [0.15, 0.2) is 58.4 Å². The zero-order valence-electron chi connectivity index (χ0n) is 18.7. The van der Waals surface area contributed by atoms with Crippen molar-refractivity contribution in [1.82, 2.24) is 4.90 Å². The van der Waals surface area contributed by atoms with Crippen molar-refractivity contribution >= 4 is 40.6 Å². The highest BCUT2D eigenvalue weighted by atomic mass is 32.2. The molecule has 1 aliphatic rings. The molecule has 0 aliphatic carbocycles. The molecule has 0 radical (unpaired) electrons. The molecule has 0 saturated carbocycles. The molecule has 7 heteroatoms. The lowest BCUT2D eigenvalue weighted by Crippen LogP contribution is -2.28. The monoisotopic (exact) mass is 452 g/mol. The van der Waals surface area contributed by atoms with Gasteiger partial charge >= 0.3 is 5.97 Å². The second-order valence-corrected chi connectivity index (χ2v) is 8.11. The fourth-order valence-corrected chi connectivity index (χ4v) is 4.14. The first-order valence-corrected chi connectivity index (χ1v) is 11.7. The molecule has 0 atom stereocenters. The fourth-order valence-electron chi connectivity index (χ4n) is 3.08. The molecule has 1 fully saturated rings. The van der Waals surface area contributed by atoms with Gasteiger partial charge in [-0.15, -0.1) is 0 Å². The largest absolute Gasteiger partial charge is 0.494 e. The van der Waals surface area contributed by atoms with E-state index in [0.717, 1.165) is 24.2 Å². The van der Waals surface area contributed by atoms with Crippen LogP contribution in [0.5, 0.6) is 5.75 Å². The molecule has 1 amide bonds. The van der Waals surface area contributed by atoms with E-state index in [1.807, 2.05) is 37.3 Å². The Morgan fingerprint density at radius 3 is 2.69 bits per heavy atom. The molecular formula is C25H28N2O4S. The lowest BCUT2D eigenvalue weighted by molar-refractivity contribution is -0.122. The van der Waals surface area contributed by atoms with Crippen molar-refractivity contribution in [3.05, 3.63) is 64.6 Å². The SMILES string of the molecule is CCCCOc1cccc(C=C2SC(=Nc3cccc(C(=O)OCC)c3)N(CC)C2=O)c1. The first-order chi connectivity index (χ1) is 15.5. The van der Waals surface area contributed by atoms with Gasteiger partial charge in [0.05, 0.1) is 29.4 Å². The number of esters is 1. The Morgan fingerprint density at radius 2 is 1.94 bits per heavy atom. The molecule has 0 unspecified atom stereocenters. The van der Waals surface area contributed by atoms with E-state index in [9.17, 15) is 9.59 Å². The average Bonchev–Trinajstić information content (AvgIpc) is 3.08. The lowest BCUT2D eigenvalue weighted by Gasteiger charge is -2.12. The molecule has 6 nitrogen and oxygen atoms in total. The quantitative estimate of drug-likeness (QED) is 0.279. The second kappa shape index (κ2) is 11.5. The maximum absolute atomic E-state index is 12.9. The normalized spacial score (nSPS) is 16.1. The van der Waals surface area contributed by atoms with Crippen LogP contribution in [0.2, 0.25) is 0 Å². The van der Waals surface area contributed by atoms with Crippen LogP contribution >= 0.6 is 11.8 Å². The molecule has 0 spiro atoms. The van der Waals surface area contributed by atoms with Gasteiger partial charge in [0.15, 0.2) is 5.17 Å². The molecule has 2 aromatic rings. The number of ether oxygens (including phenoxy) is 2. The number of benzene rings is 2. The minimum Gasteiger partial charge on any atom is -0.494 e. The molecular weight excluding hydrogens is 424 g/mol. The molecule has 0 aromatic heterocycles. The summed E-state index contributed by atoms with van der Waals surface area (Å²) in [7, 11) is 0. The highest BCUT2D eigenvalue weighted by Crippen LogP contribution is 2.34. The molecule has 1 aliphatic heterocycles. The van der Waals surface area contributed by atoms with Crippen LogP contribution in [0.25, 0.3) is 6.08 Å². The summed E-state index contributed by atoms with van der Waals surface area (Å²) < 4.78 is 10.8. The van der Waals surface area contributed by atoms with Crippen LogP contribution in [0.1, 0.15) is 49.5 Å². The van der Waals surface area contributed by atoms with Gasteiger partial charge in [-0.1, -0.05) is 31.5 Å². The van der Waals surface area contributed by atoms with Crippen molar-refractivity contribution in [2.24, 2.45) is 4.99 Å². The molecule has 3 rings (SSSR count). The van der Waals surface area contributed by atoms with Gasteiger partial charge in [-0.25, -0.2) is 9.79 Å². The molecule has 0 bridgehead atoms. The van der Waals surface area contributed by atoms with Gasteiger partial charge in [0.25, 0.3) is 5.91 Å². The van der Waals surface area contributed by atoms with Gasteiger partial charge in [-0.2, -0.15) is 0 Å². The average molecular weight is 453 g/mol. The van der Waals surface area contributed by atoms with Crippen LogP contribution < -0.4 is 4.74 Å². The molecule has 1 saturated heterocycles. The Hall–Kier alpha value is -3.06. The van der Waals surface area contributed by atoms with Crippen molar-refractivity contribution in [2.45, 2.75) is 33.6 Å². The number of hydrogen-bond donors (Lipinski definition) is 0. The zero-order chi connectivity index (χ0) is 22.9. The van der Waals surface area contributed by atoms with Crippen LogP contribution in [0, 0.1) is 0 Å². The third-order valence-corrected chi connectivity index (χ3v) is 5.72. The van der Waals surface area contributed by atoms with Gasteiger partial charge in [0.1, 0.15) is 5.75 Å². The van der Waals surface area contributed by atoms with Crippen LogP contribution in [0.4, 0.5) is 5.69 Å². The zero-order valence-corrected chi connectivity index (χ0v) is 19.5. The number of hydrogen-bond acceptors (Lipinski definition) is 6. The maximum Gasteiger partial charge on any atom is 0.338 e. The summed E-state index contributed by atoms with van der Waals surface area (Å²) in [4.78, 5) is 31.8. The van der Waals surface area contributed by atoms with E-state index in [4.69, 9.17) is 9.47 Å². The number of amides is 1. The van der Waals surface area contributed by atoms with Crippen molar-refractivity contribution in [3.63, 3.8) is 0 Å². The predicted molar refractivity (Wildman–Crippen MR) is 129 cm³/mol. The smallest absolute Gasteiger partial charge is 0.338 e. The minimum absolute atomic E-state index is 0.0879. The summed E-state index contributed by atoms with van der Waals surface area (Å²) in [6.07, 6.45) is 3.94. The summed E-state index contributed by atoms with van der Waals surface area (Å²) >= 11 is 1.32. The first kappa shape index (κ1) is 23.6.